The van der Waals surface area contributed by atoms with Crippen LogP contribution in [0.15, 0.2) is 52.3 Å². The number of anilines is 2. The fourth-order valence-corrected chi connectivity index (χ4v) is 3.30. The number of nitrogens with one attached hydrogen (secondary N) is 3. The molecule has 142 valence electrons. The van der Waals surface area contributed by atoms with Crippen molar-refractivity contribution in [3.63, 3.8) is 0 Å². The second-order valence-corrected chi connectivity index (χ2v) is 8.10. The maximum atomic E-state index is 10.7. The monoisotopic (exact) mass is 385 g/mol. The molecule has 0 aliphatic carbocycles. The number of nitrogens with zero attached hydrogens (tertiary/aromatic N) is 1. The summed E-state index contributed by atoms with van der Waals surface area (Å²) in [6.45, 7) is 6.14. The van der Waals surface area contributed by atoms with Gasteiger partial charge in [-0.1, -0.05) is 11.8 Å². The number of hydrogen-bond acceptors (Lipinski definition) is 5. The number of aromatic nitrogens is 2. The molecule has 0 radical (unpaired) electrons. The standard InChI is InChI=1S/C19H23N5O2S/c1-11(20)19(2,3)24-12-4-6-13(7-5-12)27-14-8-9-15-16(10-14)22-17(21-15)23-18(25)26/h4-11,24H,20H2,1-3H3,(H,25,26)(H2,21,22,23). The smallest absolute Gasteiger partial charge is 0.411 e. The largest absolute Gasteiger partial charge is 0.465 e. The molecular formula is C19H23N5O2S. The molecule has 1 aromatic heterocycles. The third kappa shape index (κ3) is 4.72. The Balaban J connectivity index is 1.72. The average Bonchev–Trinajstić information content (AvgIpc) is 2.97. The van der Waals surface area contributed by atoms with Gasteiger partial charge in [-0.15, -0.1) is 0 Å². The Morgan fingerprint density at radius 3 is 2.52 bits per heavy atom. The number of aromatic amines is 1. The lowest BCUT2D eigenvalue weighted by molar-refractivity contribution is 0.209. The molecule has 7 nitrogen and oxygen atoms in total. The second kappa shape index (κ2) is 7.50. The van der Waals surface area contributed by atoms with Gasteiger partial charge in [-0.2, -0.15) is 0 Å². The van der Waals surface area contributed by atoms with E-state index >= 15 is 0 Å². The zero-order valence-electron chi connectivity index (χ0n) is 15.4. The van der Waals surface area contributed by atoms with E-state index in [2.05, 4.69) is 46.6 Å². The zero-order valence-corrected chi connectivity index (χ0v) is 16.2. The van der Waals surface area contributed by atoms with Crippen LogP contribution in [0.4, 0.5) is 16.4 Å². The van der Waals surface area contributed by atoms with E-state index in [4.69, 9.17) is 10.8 Å². The van der Waals surface area contributed by atoms with Crippen molar-refractivity contribution in [2.24, 2.45) is 5.73 Å². The van der Waals surface area contributed by atoms with Gasteiger partial charge < -0.3 is 21.1 Å². The molecule has 3 rings (SSSR count). The summed E-state index contributed by atoms with van der Waals surface area (Å²) < 4.78 is 0. The number of carboxylic acid groups (broad SMARTS) is 1. The highest BCUT2D eigenvalue weighted by Gasteiger charge is 2.22. The number of imidazole rings is 1. The van der Waals surface area contributed by atoms with Crippen molar-refractivity contribution in [2.45, 2.75) is 42.1 Å². The summed E-state index contributed by atoms with van der Waals surface area (Å²) in [4.78, 5) is 20.0. The lowest BCUT2D eigenvalue weighted by Crippen LogP contribution is -2.47. The summed E-state index contributed by atoms with van der Waals surface area (Å²) in [7, 11) is 0. The second-order valence-electron chi connectivity index (χ2n) is 6.96. The Labute approximate surface area is 161 Å². The summed E-state index contributed by atoms with van der Waals surface area (Å²) >= 11 is 1.62. The van der Waals surface area contributed by atoms with Gasteiger partial charge in [-0.05, 0) is 63.2 Å². The van der Waals surface area contributed by atoms with Crippen LogP contribution >= 0.6 is 11.8 Å². The number of H-pyrrole nitrogens is 1. The van der Waals surface area contributed by atoms with E-state index in [0.29, 0.717) is 5.52 Å². The average molecular weight is 385 g/mol. The Bertz CT molecular complexity index is 950. The maximum absolute atomic E-state index is 10.7. The van der Waals surface area contributed by atoms with Crippen molar-refractivity contribution in [3.05, 3.63) is 42.5 Å². The maximum Gasteiger partial charge on any atom is 0.411 e. The highest BCUT2D eigenvalue weighted by molar-refractivity contribution is 7.99. The summed E-state index contributed by atoms with van der Waals surface area (Å²) in [5.74, 6) is 0.215. The third-order valence-corrected chi connectivity index (χ3v) is 5.37. The van der Waals surface area contributed by atoms with Crippen LogP contribution in [0.5, 0.6) is 0 Å². The Morgan fingerprint density at radius 1 is 1.22 bits per heavy atom. The van der Waals surface area contributed by atoms with E-state index in [1.807, 2.05) is 37.3 Å². The van der Waals surface area contributed by atoms with Gasteiger partial charge >= 0.3 is 6.09 Å². The molecule has 3 aromatic rings. The fraction of sp³-hybridized carbons (Fsp3) is 0.263. The topological polar surface area (TPSA) is 116 Å². The van der Waals surface area contributed by atoms with Crippen LogP contribution in [0, 0.1) is 0 Å². The van der Waals surface area contributed by atoms with Gasteiger partial charge in [0.15, 0.2) is 0 Å². The van der Waals surface area contributed by atoms with E-state index in [9.17, 15) is 4.79 Å². The molecule has 0 spiro atoms. The van der Waals surface area contributed by atoms with E-state index in [1.165, 1.54) is 0 Å². The molecule has 2 aromatic carbocycles. The van der Waals surface area contributed by atoms with E-state index in [-0.39, 0.29) is 17.5 Å². The Hall–Kier alpha value is -2.71. The number of hydrogen-bond donors (Lipinski definition) is 5. The molecule has 6 N–H and O–H groups in total. The molecule has 1 unspecified atom stereocenters. The van der Waals surface area contributed by atoms with Gasteiger partial charge in [-0.3, -0.25) is 5.32 Å². The van der Waals surface area contributed by atoms with E-state index in [0.717, 1.165) is 21.0 Å². The van der Waals surface area contributed by atoms with Crippen molar-refractivity contribution in [1.29, 1.82) is 0 Å². The van der Waals surface area contributed by atoms with Crippen molar-refractivity contribution in [1.82, 2.24) is 9.97 Å². The number of rotatable bonds is 6. The number of nitrogens with two attached hydrogens (primary N) is 1. The van der Waals surface area contributed by atoms with Gasteiger partial charge in [0, 0.05) is 27.1 Å². The molecule has 0 saturated carbocycles. The highest BCUT2D eigenvalue weighted by Crippen LogP contribution is 2.31. The van der Waals surface area contributed by atoms with E-state index < -0.39 is 6.09 Å². The van der Waals surface area contributed by atoms with Gasteiger partial charge in [0.25, 0.3) is 0 Å². The van der Waals surface area contributed by atoms with Crippen molar-refractivity contribution < 1.29 is 9.90 Å². The first-order valence-electron chi connectivity index (χ1n) is 8.54. The van der Waals surface area contributed by atoms with Crippen LogP contribution in [0.1, 0.15) is 20.8 Å². The molecule has 1 heterocycles. The van der Waals surface area contributed by atoms with Crippen LogP contribution in [0.3, 0.4) is 0 Å². The number of carbonyl (C=O) groups is 1. The lowest BCUT2D eigenvalue weighted by atomic mass is 9.96. The lowest BCUT2D eigenvalue weighted by Gasteiger charge is -2.31. The zero-order chi connectivity index (χ0) is 19.6. The summed E-state index contributed by atoms with van der Waals surface area (Å²) in [5.41, 5.74) is 8.33. The van der Waals surface area contributed by atoms with Crippen molar-refractivity contribution in [2.75, 3.05) is 10.6 Å². The summed E-state index contributed by atoms with van der Waals surface area (Å²) in [5, 5.41) is 14.4. The molecular weight excluding hydrogens is 362 g/mol. The molecule has 0 fully saturated rings. The quantitative estimate of drug-likeness (QED) is 0.431. The first-order valence-corrected chi connectivity index (χ1v) is 9.36. The Morgan fingerprint density at radius 2 is 1.89 bits per heavy atom. The first-order chi connectivity index (χ1) is 12.7. The minimum atomic E-state index is -1.15. The molecule has 0 bridgehead atoms. The predicted octanol–water partition coefficient (Wildman–Crippen LogP) is 4.34. The minimum absolute atomic E-state index is 0.0215. The molecule has 1 amide bonds. The molecule has 8 heteroatoms. The van der Waals surface area contributed by atoms with Crippen molar-refractivity contribution >= 4 is 40.5 Å². The summed E-state index contributed by atoms with van der Waals surface area (Å²) in [6.07, 6.45) is -1.15. The van der Waals surface area contributed by atoms with Crippen LogP contribution in [0.2, 0.25) is 0 Å². The number of amides is 1. The third-order valence-electron chi connectivity index (χ3n) is 4.37. The molecule has 0 saturated heterocycles. The Kier molecular flexibility index (Phi) is 5.29. The van der Waals surface area contributed by atoms with Gasteiger partial charge in [0.2, 0.25) is 5.95 Å². The van der Waals surface area contributed by atoms with Crippen molar-refractivity contribution in [3.8, 4) is 0 Å². The molecule has 0 aliphatic heterocycles. The first kappa shape index (κ1) is 19.1. The van der Waals surface area contributed by atoms with Crippen LogP contribution in [0.25, 0.3) is 11.0 Å². The van der Waals surface area contributed by atoms with Gasteiger partial charge in [0.1, 0.15) is 0 Å². The van der Waals surface area contributed by atoms with Gasteiger partial charge in [-0.25, -0.2) is 9.78 Å². The van der Waals surface area contributed by atoms with Crippen LogP contribution in [-0.4, -0.2) is 32.7 Å². The van der Waals surface area contributed by atoms with Crippen LogP contribution < -0.4 is 16.4 Å². The number of benzene rings is 2. The SMILES string of the molecule is CC(N)C(C)(C)Nc1ccc(Sc2ccc3nc(NC(=O)O)[nH]c3c2)cc1. The summed E-state index contributed by atoms with van der Waals surface area (Å²) in [6, 6.07) is 14.0. The van der Waals surface area contributed by atoms with Crippen LogP contribution in [-0.2, 0) is 0 Å². The predicted molar refractivity (Wildman–Crippen MR) is 110 cm³/mol. The van der Waals surface area contributed by atoms with E-state index in [1.54, 1.807) is 11.8 Å². The molecule has 27 heavy (non-hydrogen) atoms. The fourth-order valence-electron chi connectivity index (χ4n) is 2.44. The highest BCUT2D eigenvalue weighted by atomic mass is 32.2. The molecule has 0 aliphatic rings. The van der Waals surface area contributed by atoms with Gasteiger partial charge in [0.05, 0.1) is 11.0 Å². The molecule has 1 atom stereocenters. The minimum Gasteiger partial charge on any atom is -0.465 e. The number of fused-ring (bicyclic) bond motifs is 1. The normalized spacial score (nSPS) is 12.7.